The second-order valence-corrected chi connectivity index (χ2v) is 6.53. The van der Waals surface area contributed by atoms with Gasteiger partial charge in [0.1, 0.15) is 0 Å². The van der Waals surface area contributed by atoms with E-state index in [4.69, 9.17) is 0 Å². The molecule has 0 aliphatic carbocycles. The van der Waals surface area contributed by atoms with E-state index in [1.54, 1.807) is 17.8 Å². The zero-order chi connectivity index (χ0) is 14.4. The molecule has 0 saturated heterocycles. The smallest absolute Gasteiger partial charge is 0.250 e. The van der Waals surface area contributed by atoms with Gasteiger partial charge in [0.05, 0.1) is 0 Å². The first-order valence-corrected chi connectivity index (χ1v) is 7.99. The topological polar surface area (TPSA) is 54.9 Å². The number of nitrogens with zero attached hydrogens (tertiary/aromatic N) is 2. The molecule has 1 aromatic carbocycles. The van der Waals surface area contributed by atoms with E-state index in [1.165, 1.54) is 23.0 Å². The van der Waals surface area contributed by atoms with Crippen LogP contribution in [0.1, 0.15) is 18.1 Å². The predicted octanol–water partition coefficient (Wildman–Crippen LogP) is 3.61. The Morgan fingerprint density at radius 2 is 2.10 bits per heavy atom. The number of aromatic nitrogens is 2. The minimum absolute atomic E-state index is 0.199. The summed E-state index contributed by atoms with van der Waals surface area (Å²) in [6, 6.07) is 7.97. The fourth-order valence-corrected chi connectivity index (χ4v) is 3.09. The van der Waals surface area contributed by atoms with Crippen LogP contribution in [0.5, 0.6) is 0 Å². The molecule has 6 heteroatoms. The van der Waals surface area contributed by atoms with Crippen molar-refractivity contribution in [2.75, 3.05) is 11.1 Å². The SMILES string of the molecule is CCSc1nnc(NC(=O)C=Cc2ccc(C)cc2)s1. The maximum atomic E-state index is 11.8. The highest BCUT2D eigenvalue weighted by Crippen LogP contribution is 2.24. The third-order valence-electron chi connectivity index (χ3n) is 2.41. The first-order chi connectivity index (χ1) is 9.67. The van der Waals surface area contributed by atoms with Gasteiger partial charge >= 0.3 is 0 Å². The van der Waals surface area contributed by atoms with Gasteiger partial charge in [-0.2, -0.15) is 0 Å². The number of hydrogen-bond acceptors (Lipinski definition) is 5. The summed E-state index contributed by atoms with van der Waals surface area (Å²) in [5.41, 5.74) is 2.19. The van der Waals surface area contributed by atoms with Gasteiger partial charge < -0.3 is 0 Å². The first-order valence-electron chi connectivity index (χ1n) is 6.19. The monoisotopic (exact) mass is 305 g/mol. The lowest BCUT2D eigenvalue weighted by Crippen LogP contribution is -2.07. The molecule has 1 amide bonds. The summed E-state index contributed by atoms with van der Waals surface area (Å²) < 4.78 is 0.866. The van der Waals surface area contributed by atoms with E-state index in [9.17, 15) is 4.79 Å². The van der Waals surface area contributed by atoms with E-state index < -0.39 is 0 Å². The second kappa shape index (κ2) is 7.21. The largest absolute Gasteiger partial charge is 0.297 e. The van der Waals surface area contributed by atoms with Crippen molar-refractivity contribution >= 4 is 40.2 Å². The standard InChI is InChI=1S/C14H15N3OS2/c1-3-19-14-17-16-13(20-14)15-12(18)9-8-11-6-4-10(2)5-7-11/h4-9H,3H2,1-2H3,(H,15,16,18). The van der Waals surface area contributed by atoms with Crippen LogP contribution in [0.25, 0.3) is 6.08 Å². The number of rotatable bonds is 5. The second-order valence-electron chi connectivity index (χ2n) is 4.04. The number of thioether (sulfide) groups is 1. The molecule has 0 saturated carbocycles. The number of hydrogen-bond donors (Lipinski definition) is 1. The Kier molecular flexibility index (Phi) is 5.31. The van der Waals surface area contributed by atoms with E-state index in [2.05, 4.69) is 22.4 Å². The number of amides is 1. The highest BCUT2D eigenvalue weighted by Gasteiger charge is 2.05. The van der Waals surface area contributed by atoms with Crippen LogP contribution in [0, 0.1) is 6.92 Å². The molecule has 0 fully saturated rings. The van der Waals surface area contributed by atoms with Crippen molar-refractivity contribution in [3.05, 3.63) is 41.5 Å². The molecule has 2 rings (SSSR count). The Labute approximate surface area is 126 Å². The maximum absolute atomic E-state index is 11.8. The van der Waals surface area contributed by atoms with Crippen LogP contribution >= 0.6 is 23.1 Å². The number of nitrogens with one attached hydrogen (secondary N) is 1. The minimum atomic E-state index is -0.199. The molecule has 0 radical (unpaired) electrons. The molecule has 2 aromatic rings. The summed E-state index contributed by atoms with van der Waals surface area (Å²) in [6.07, 6.45) is 3.27. The van der Waals surface area contributed by atoms with Crippen molar-refractivity contribution in [3.63, 3.8) is 0 Å². The third-order valence-corrected chi connectivity index (χ3v) is 4.26. The molecule has 0 unspecified atom stereocenters. The first kappa shape index (κ1) is 14.7. The van der Waals surface area contributed by atoms with E-state index in [0.29, 0.717) is 5.13 Å². The van der Waals surface area contributed by atoms with Gasteiger partial charge in [0.2, 0.25) is 11.0 Å². The van der Waals surface area contributed by atoms with Crippen LogP contribution in [-0.4, -0.2) is 21.9 Å². The van der Waals surface area contributed by atoms with Crippen molar-refractivity contribution < 1.29 is 4.79 Å². The van der Waals surface area contributed by atoms with Gasteiger partial charge in [-0.3, -0.25) is 10.1 Å². The lowest BCUT2D eigenvalue weighted by Gasteiger charge is -1.96. The Morgan fingerprint density at radius 3 is 2.80 bits per heavy atom. The van der Waals surface area contributed by atoms with E-state index in [0.717, 1.165) is 15.7 Å². The Balaban J connectivity index is 1.92. The lowest BCUT2D eigenvalue weighted by atomic mass is 10.1. The molecule has 0 aliphatic rings. The Bertz CT molecular complexity index is 605. The molecule has 0 bridgehead atoms. The molecule has 1 heterocycles. The van der Waals surface area contributed by atoms with Crippen LogP contribution in [0.3, 0.4) is 0 Å². The van der Waals surface area contributed by atoms with Gasteiger partial charge in [-0.1, -0.05) is 59.9 Å². The molecule has 20 heavy (non-hydrogen) atoms. The van der Waals surface area contributed by atoms with Crippen molar-refractivity contribution in [2.24, 2.45) is 0 Å². The average molecular weight is 305 g/mol. The minimum Gasteiger partial charge on any atom is -0.297 e. The molecule has 1 N–H and O–H groups in total. The van der Waals surface area contributed by atoms with Gasteiger partial charge in [-0.15, -0.1) is 10.2 Å². The maximum Gasteiger partial charge on any atom is 0.250 e. The predicted molar refractivity (Wildman–Crippen MR) is 85.1 cm³/mol. The van der Waals surface area contributed by atoms with Gasteiger partial charge in [-0.05, 0) is 24.3 Å². The lowest BCUT2D eigenvalue weighted by molar-refractivity contribution is -0.111. The van der Waals surface area contributed by atoms with Crippen LogP contribution in [0.2, 0.25) is 0 Å². The fraction of sp³-hybridized carbons (Fsp3) is 0.214. The quantitative estimate of drug-likeness (QED) is 0.521. The van der Waals surface area contributed by atoms with Crippen LogP contribution < -0.4 is 5.32 Å². The number of carbonyl (C=O) groups is 1. The van der Waals surface area contributed by atoms with Crippen LogP contribution in [0.4, 0.5) is 5.13 Å². The highest BCUT2D eigenvalue weighted by molar-refractivity contribution is 8.01. The molecule has 4 nitrogen and oxygen atoms in total. The zero-order valence-corrected chi connectivity index (χ0v) is 12.9. The Hall–Kier alpha value is -1.66. The summed E-state index contributed by atoms with van der Waals surface area (Å²) >= 11 is 2.99. The van der Waals surface area contributed by atoms with E-state index in [1.807, 2.05) is 31.2 Å². The third kappa shape index (κ3) is 4.47. The van der Waals surface area contributed by atoms with Gasteiger partial charge in [-0.25, -0.2) is 0 Å². The van der Waals surface area contributed by atoms with Crippen LogP contribution in [-0.2, 0) is 4.79 Å². The number of benzene rings is 1. The summed E-state index contributed by atoms with van der Waals surface area (Å²) in [4.78, 5) is 11.8. The summed E-state index contributed by atoms with van der Waals surface area (Å²) in [6.45, 7) is 4.08. The van der Waals surface area contributed by atoms with Crippen molar-refractivity contribution in [1.29, 1.82) is 0 Å². The normalized spacial score (nSPS) is 10.9. The van der Waals surface area contributed by atoms with Crippen LogP contribution in [0.15, 0.2) is 34.7 Å². The molecule has 104 valence electrons. The van der Waals surface area contributed by atoms with Crippen molar-refractivity contribution in [1.82, 2.24) is 10.2 Å². The van der Waals surface area contributed by atoms with Gasteiger partial charge in [0, 0.05) is 6.08 Å². The Morgan fingerprint density at radius 1 is 1.35 bits per heavy atom. The average Bonchev–Trinajstić information content (AvgIpc) is 2.86. The summed E-state index contributed by atoms with van der Waals surface area (Å²) in [5.74, 6) is 0.741. The molecular formula is C14H15N3OS2. The molecule has 1 aromatic heterocycles. The fourth-order valence-electron chi connectivity index (χ4n) is 1.44. The van der Waals surface area contributed by atoms with Crippen molar-refractivity contribution in [3.8, 4) is 0 Å². The van der Waals surface area contributed by atoms with E-state index in [-0.39, 0.29) is 5.91 Å². The molecule has 0 atom stereocenters. The summed E-state index contributed by atoms with van der Waals surface area (Å²) in [5, 5.41) is 11.1. The molecule has 0 spiro atoms. The summed E-state index contributed by atoms with van der Waals surface area (Å²) in [7, 11) is 0. The zero-order valence-electron chi connectivity index (χ0n) is 11.3. The molecule has 0 aliphatic heterocycles. The number of aryl methyl sites for hydroxylation is 1. The van der Waals surface area contributed by atoms with E-state index >= 15 is 0 Å². The molecular weight excluding hydrogens is 290 g/mol. The highest BCUT2D eigenvalue weighted by atomic mass is 32.2. The number of anilines is 1. The van der Waals surface area contributed by atoms with Gasteiger partial charge in [0.15, 0.2) is 4.34 Å². The number of carbonyl (C=O) groups excluding carboxylic acids is 1. The van der Waals surface area contributed by atoms with Crippen molar-refractivity contribution in [2.45, 2.75) is 18.2 Å². The van der Waals surface area contributed by atoms with Gasteiger partial charge in [0.25, 0.3) is 0 Å².